The summed E-state index contributed by atoms with van der Waals surface area (Å²) < 4.78 is 13.1. The SMILES string of the molecule is CCc1ccc([C@@H](C)NC(=O)C[NH+](C)CC(=O)Nc2cccc(F)c2)cc1. The van der Waals surface area contributed by atoms with Crippen molar-refractivity contribution in [3.63, 3.8) is 0 Å². The standard InChI is InChI=1S/C21H26FN3O2/c1-4-16-8-10-17(11-9-16)15(2)23-20(26)13-25(3)14-21(27)24-19-7-5-6-18(22)12-19/h5-12,15H,4,13-14H2,1-3H3,(H,23,26)(H,24,27)/p+1/t15-/m1/s1. The molecule has 0 saturated carbocycles. The number of quaternary nitrogens is 1. The molecule has 0 aliphatic carbocycles. The van der Waals surface area contributed by atoms with Gasteiger partial charge in [-0.3, -0.25) is 9.59 Å². The summed E-state index contributed by atoms with van der Waals surface area (Å²) in [6.45, 7) is 4.32. The third kappa shape index (κ3) is 6.83. The van der Waals surface area contributed by atoms with E-state index in [-0.39, 0.29) is 30.9 Å². The van der Waals surface area contributed by atoms with Crippen molar-refractivity contribution >= 4 is 17.5 Å². The number of carbonyl (C=O) groups is 2. The van der Waals surface area contributed by atoms with Crippen LogP contribution in [0.2, 0.25) is 0 Å². The Morgan fingerprint density at radius 2 is 1.74 bits per heavy atom. The zero-order valence-electron chi connectivity index (χ0n) is 16.0. The van der Waals surface area contributed by atoms with Crippen LogP contribution in [0.5, 0.6) is 0 Å². The molecule has 0 aliphatic heterocycles. The minimum absolute atomic E-state index is 0.0997. The number of benzene rings is 2. The van der Waals surface area contributed by atoms with Crippen molar-refractivity contribution in [1.29, 1.82) is 0 Å². The summed E-state index contributed by atoms with van der Waals surface area (Å²) >= 11 is 0. The van der Waals surface area contributed by atoms with Crippen molar-refractivity contribution in [1.82, 2.24) is 5.32 Å². The number of carbonyl (C=O) groups excluding carboxylic acids is 2. The van der Waals surface area contributed by atoms with E-state index in [4.69, 9.17) is 0 Å². The Morgan fingerprint density at radius 1 is 1.07 bits per heavy atom. The van der Waals surface area contributed by atoms with Gasteiger partial charge in [0.15, 0.2) is 13.1 Å². The van der Waals surface area contributed by atoms with Crippen LogP contribution in [0.1, 0.15) is 31.0 Å². The second kappa shape index (κ2) is 9.83. The number of hydrogen-bond donors (Lipinski definition) is 3. The predicted octanol–water partition coefficient (Wildman–Crippen LogP) is 1.72. The minimum Gasteiger partial charge on any atom is -0.345 e. The molecule has 2 amide bonds. The lowest BCUT2D eigenvalue weighted by molar-refractivity contribution is -0.862. The average molecular weight is 372 g/mol. The molecule has 0 aromatic heterocycles. The molecule has 0 spiro atoms. The first-order valence-electron chi connectivity index (χ1n) is 9.12. The Labute approximate surface area is 159 Å². The van der Waals surface area contributed by atoms with E-state index in [0.29, 0.717) is 5.69 Å². The van der Waals surface area contributed by atoms with Gasteiger partial charge in [0.05, 0.1) is 13.1 Å². The maximum absolute atomic E-state index is 13.1. The van der Waals surface area contributed by atoms with Gasteiger partial charge in [-0.25, -0.2) is 4.39 Å². The maximum atomic E-state index is 13.1. The monoisotopic (exact) mass is 372 g/mol. The summed E-state index contributed by atoms with van der Waals surface area (Å²) in [6.07, 6.45) is 0.979. The molecule has 2 aromatic rings. The van der Waals surface area contributed by atoms with Crippen LogP contribution < -0.4 is 15.5 Å². The fraction of sp³-hybridized carbons (Fsp3) is 0.333. The summed E-state index contributed by atoms with van der Waals surface area (Å²) in [6, 6.07) is 13.8. The van der Waals surface area contributed by atoms with Gasteiger partial charge in [0, 0.05) is 5.69 Å². The molecule has 0 aliphatic rings. The molecule has 27 heavy (non-hydrogen) atoms. The number of nitrogens with one attached hydrogen (secondary N) is 3. The smallest absolute Gasteiger partial charge is 0.279 e. The van der Waals surface area contributed by atoms with Crippen molar-refractivity contribution in [3.8, 4) is 0 Å². The van der Waals surface area contributed by atoms with Gasteiger partial charge in [-0.1, -0.05) is 37.3 Å². The first kappa shape index (κ1) is 20.6. The van der Waals surface area contributed by atoms with Crippen LogP contribution in [0.25, 0.3) is 0 Å². The van der Waals surface area contributed by atoms with Crippen molar-refractivity contribution in [3.05, 3.63) is 65.5 Å². The van der Waals surface area contributed by atoms with Crippen LogP contribution >= 0.6 is 0 Å². The zero-order valence-corrected chi connectivity index (χ0v) is 16.0. The van der Waals surface area contributed by atoms with Gasteiger partial charge in [0.25, 0.3) is 11.8 Å². The third-order valence-electron chi connectivity index (χ3n) is 4.30. The Hall–Kier alpha value is -2.73. The maximum Gasteiger partial charge on any atom is 0.279 e. The van der Waals surface area contributed by atoms with Gasteiger partial charge in [-0.2, -0.15) is 0 Å². The zero-order chi connectivity index (χ0) is 19.8. The molecular weight excluding hydrogens is 345 g/mol. The number of likely N-dealkylation sites (N-methyl/N-ethyl adjacent to an activating group) is 1. The van der Waals surface area contributed by atoms with Gasteiger partial charge >= 0.3 is 0 Å². The first-order chi connectivity index (χ1) is 12.9. The van der Waals surface area contributed by atoms with Gasteiger partial charge in [-0.05, 0) is 42.7 Å². The second-order valence-corrected chi connectivity index (χ2v) is 6.75. The molecule has 5 nitrogen and oxygen atoms in total. The van der Waals surface area contributed by atoms with E-state index in [1.807, 2.05) is 19.1 Å². The van der Waals surface area contributed by atoms with Crippen LogP contribution in [0.15, 0.2) is 48.5 Å². The quantitative estimate of drug-likeness (QED) is 0.661. The molecule has 2 aromatic carbocycles. The van der Waals surface area contributed by atoms with Crippen LogP contribution in [-0.2, 0) is 16.0 Å². The van der Waals surface area contributed by atoms with E-state index in [9.17, 15) is 14.0 Å². The fourth-order valence-electron chi connectivity index (χ4n) is 2.80. The molecule has 0 bridgehead atoms. The molecule has 6 heteroatoms. The Balaban J connectivity index is 1.79. The largest absolute Gasteiger partial charge is 0.345 e. The van der Waals surface area contributed by atoms with Crippen LogP contribution in [-0.4, -0.2) is 32.0 Å². The van der Waals surface area contributed by atoms with Gasteiger partial charge in [-0.15, -0.1) is 0 Å². The number of aryl methyl sites for hydroxylation is 1. The van der Waals surface area contributed by atoms with E-state index in [0.717, 1.165) is 16.9 Å². The van der Waals surface area contributed by atoms with E-state index < -0.39 is 5.82 Å². The predicted molar refractivity (Wildman–Crippen MR) is 104 cm³/mol. The first-order valence-corrected chi connectivity index (χ1v) is 9.12. The number of amides is 2. The highest BCUT2D eigenvalue weighted by Crippen LogP contribution is 2.13. The molecule has 2 rings (SSSR count). The van der Waals surface area contributed by atoms with E-state index in [2.05, 4.69) is 29.7 Å². The number of anilines is 1. The highest BCUT2D eigenvalue weighted by Gasteiger charge is 2.16. The second-order valence-electron chi connectivity index (χ2n) is 6.75. The highest BCUT2D eigenvalue weighted by atomic mass is 19.1. The van der Waals surface area contributed by atoms with E-state index in [1.165, 1.54) is 23.8 Å². The number of rotatable bonds is 8. The summed E-state index contributed by atoms with van der Waals surface area (Å²) in [5, 5.41) is 5.59. The van der Waals surface area contributed by atoms with E-state index >= 15 is 0 Å². The summed E-state index contributed by atoms with van der Waals surface area (Å²) in [5.74, 6) is -0.805. The third-order valence-corrected chi connectivity index (χ3v) is 4.30. The van der Waals surface area contributed by atoms with Crippen molar-refractivity contribution in [2.24, 2.45) is 0 Å². The normalized spacial score (nSPS) is 12.9. The number of halogens is 1. The van der Waals surface area contributed by atoms with Gasteiger partial charge < -0.3 is 15.5 Å². The Morgan fingerprint density at radius 3 is 2.37 bits per heavy atom. The fourth-order valence-corrected chi connectivity index (χ4v) is 2.80. The average Bonchev–Trinajstić information content (AvgIpc) is 2.61. The molecule has 0 heterocycles. The topological polar surface area (TPSA) is 62.6 Å². The summed E-state index contributed by atoms with van der Waals surface area (Å²) in [4.78, 5) is 25.0. The van der Waals surface area contributed by atoms with Crippen LogP contribution in [0.4, 0.5) is 10.1 Å². The Kier molecular flexibility index (Phi) is 7.49. The lowest BCUT2D eigenvalue weighted by Crippen LogP contribution is -3.11. The van der Waals surface area contributed by atoms with Crippen LogP contribution in [0, 0.1) is 5.82 Å². The van der Waals surface area contributed by atoms with Crippen LogP contribution in [0.3, 0.4) is 0 Å². The molecule has 2 atom stereocenters. The Bertz CT molecular complexity index is 777. The highest BCUT2D eigenvalue weighted by molar-refractivity contribution is 5.91. The molecular formula is C21H27FN3O2+. The van der Waals surface area contributed by atoms with Crippen molar-refractivity contribution in [2.45, 2.75) is 26.3 Å². The van der Waals surface area contributed by atoms with Crippen molar-refractivity contribution in [2.75, 3.05) is 25.5 Å². The molecule has 3 N–H and O–H groups in total. The molecule has 0 saturated heterocycles. The lowest BCUT2D eigenvalue weighted by Gasteiger charge is -2.17. The lowest BCUT2D eigenvalue weighted by atomic mass is 10.1. The molecule has 144 valence electrons. The van der Waals surface area contributed by atoms with Gasteiger partial charge in [0.1, 0.15) is 5.82 Å². The van der Waals surface area contributed by atoms with Crippen molar-refractivity contribution < 1.29 is 18.9 Å². The summed E-state index contributed by atoms with van der Waals surface area (Å²) in [5.41, 5.74) is 2.70. The van der Waals surface area contributed by atoms with Gasteiger partial charge in [0.2, 0.25) is 0 Å². The van der Waals surface area contributed by atoms with E-state index in [1.54, 1.807) is 13.1 Å². The summed E-state index contributed by atoms with van der Waals surface area (Å²) in [7, 11) is 1.77. The molecule has 1 unspecified atom stereocenters. The number of hydrogen-bond acceptors (Lipinski definition) is 2. The molecule has 0 fully saturated rings. The minimum atomic E-state index is -0.408. The molecule has 0 radical (unpaired) electrons.